The van der Waals surface area contributed by atoms with Gasteiger partial charge in [0.15, 0.2) is 0 Å². The van der Waals surface area contributed by atoms with Gasteiger partial charge in [0.2, 0.25) is 5.95 Å². The summed E-state index contributed by atoms with van der Waals surface area (Å²) >= 11 is 0. The Morgan fingerprint density at radius 2 is 1.71 bits per heavy atom. The molecule has 1 aliphatic rings. The zero-order valence-corrected chi connectivity index (χ0v) is 24.4. The minimum atomic E-state index is -0.437. The highest BCUT2D eigenvalue weighted by molar-refractivity contribution is 5.94. The first kappa shape index (κ1) is 28.9. The fraction of sp³-hybridized carbons (Fsp3) is 0.344. The Bertz CT molecular complexity index is 1570. The Morgan fingerprint density at radius 1 is 1.02 bits per heavy atom. The monoisotopic (exact) mass is 568 g/mol. The van der Waals surface area contributed by atoms with E-state index in [1.54, 1.807) is 30.3 Å². The number of nitro groups is 1. The molecule has 0 aliphatic carbocycles. The number of nitrogens with one attached hydrogen (secondary N) is 2. The average molecular weight is 569 g/mol. The van der Waals surface area contributed by atoms with Crippen LogP contribution in [0.3, 0.4) is 0 Å². The van der Waals surface area contributed by atoms with Gasteiger partial charge in [-0.3, -0.25) is 15.0 Å². The van der Waals surface area contributed by atoms with Gasteiger partial charge < -0.3 is 15.4 Å². The fourth-order valence-corrected chi connectivity index (χ4v) is 5.12. The van der Waals surface area contributed by atoms with Crippen molar-refractivity contribution in [2.24, 2.45) is 0 Å². The molecule has 1 fully saturated rings. The van der Waals surface area contributed by atoms with Crippen LogP contribution in [0.4, 0.5) is 23.1 Å². The number of carbonyl (C=O) groups excluding carboxylic acids is 1. The van der Waals surface area contributed by atoms with E-state index in [1.807, 2.05) is 0 Å². The first-order valence-electron chi connectivity index (χ1n) is 14.1. The normalized spacial score (nSPS) is 14.5. The number of nitro benzene ring substituents is 1. The van der Waals surface area contributed by atoms with Gasteiger partial charge in [0.25, 0.3) is 5.69 Å². The number of non-ortho nitro benzene ring substituents is 1. The lowest BCUT2D eigenvalue weighted by atomic mass is 9.86. The third-order valence-electron chi connectivity index (χ3n) is 7.61. The molecule has 3 aromatic carbocycles. The molecule has 42 heavy (non-hydrogen) atoms. The van der Waals surface area contributed by atoms with Gasteiger partial charge in [-0.05, 0) is 59.7 Å². The van der Waals surface area contributed by atoms with Crippen LogP contribution in [0.25, 0.3) is 10.9 Å². The van der Waals surface area contributed by atoms with Crippen molar-refractivity contribution >= 4 is 40.0 Å². The van der Waals surface area contributed by atoms with Gasteiger partial charge in [-0.2, -0.15) is 4.98 Å². The molecule has 2 N–H and O–H groups in total. The lowest BCUT2D eigenvalue weighted by molar-refractivity contribution is -0.384. The molecule has 0 saturated carbocycles. The lowest BCUT2D eigenvalue weighted by Gasteiger charge is -2.32. The molecule has 1 aliphatic heterocycles. The second kappa shape index (κ2) is 12.1. The number of benzene rings is 3. The number of hydrogen-bond acceptors (Lipinski definition) is 9. The maximum atomic E-state index is 11.8. The van der Waals surface area contributed by atoms with Gasteiger partial charge in [-0.25, -0.2) is 9.78 Å². The van der Waals surface area contributed by atoms with Crippen LogP contribution < -0.4 is 10.6 Å². The molecule has 5 rings (SSSR count). The van der Waals surface area contributed by atoms with E-state index in [0.29, 0.717) is 33.9 Å². The number of methoxy groups -OCH3 is 1. The van der Waals surface area contributed by atoms with E-state index < -0.39 is 10.9 Å². The van der Waals surface area contributed by atoms with Crippen LogP contribution in [0.1, 0.15) is 55.1 Å². The smallest absolute Gasteiger partial charge is 0.337 e. The maximum Gasteiger partial charge on any atom is 0.337 e. The minimum Gasteiger partial charge on any atom is -0.465 e. The van der Waals surface area contributed by atoms with E-state index >= 15 is 0 Å². The summed E-state index contributed by atoms with van der Waals surface area (Å²) in [6.07, 6.45) is 1.89. The van der Waals surface area contributed by atoms with E-state index in [0.717, 1.165) is 32.5 Å². The van der Waals surface area contributed by atoms with Gasteiger partial charge in [0.05, 0.1) is 23.1 Å². The number of fused-ring (bicyclic) bond motifs is 1. The Balaban J connectivity index is 1.29. The molecule has 10 nitrogen and oxygen atoms in total. The molecular formula is C32H36N6O4. The number of rotatable bonds is 8. The SMILES string of the molecule is COC(=O)c1ccc(Nc2nc(NC3CCN(Cc4ccc(C(C)(C)C)cc4)CC3)nc3ccc([N+](=O)[O-])cc23)cc1. The summed E-state index contributed by atoms with van der Waals surface area (Å²) in [4.78, 5) is 34.7. The first-order chi connectivity index (χ1) is 20.1. The summed E-state index contributed by atoms with van der Waals surface area (Å²) in [6.45, 7) is 9.51. The van der Waals surface area contributed by atoms with Gasteiger partial charge >= 0.3 is 5.97 Å². The Labute approximate surface area is 245 Å². The van der Waals surface area contributed by atoms with Crippen molar-refractivity contribution < 1.29 is 14.5 Å². The van der Waals surface area contributed by atoms with Gasteiger partial charge in [-0.15, -0.1) is 0 Å². The quantitative estimate of drug-likeness (QED) is 0.140. The molecule has 0 spiro atoms. The molecular weight excluding hydrogens is 532 g/mol. The standard InChI is InChI=1S/C32H36N6O4/c1-32(2,3)23-9-5-21(6-10-23)20-37-17-15-25(16-18-37)34-31-35-28-14-13-26(38(40)41)19-27(28)29(36-31)33-24-11-7-22(8-12-24)30(39)42-4/h5-14,19,25H,15-18,20H2,1-4H3,(H2,33,34,35,36). The van der Waals surface area contributed by atoms with Crippen LogP contribution in [-0.2, 0) is 16.7 Å². The number of esters is 1. The van der Waals surface area contributed by atoms with E-state index in [-0.39, 0.29) is 17.1 Å². The van der Waals surface area contributed by atoms with Crippen molar-refractivity contribution in [3.8, 4) is 0 Å². The molecule has 0 bridgehead atoms. The molecule has 4 aromatic rings. The average Bonchev–Trinajstić information content (AvgIpc) is 2.98. The van der Waals surface area contributed by atoms with Crippen molar-refractivity contribution in [1.82, 2.24) is 14.9 Å². The predicted octanol–water partition coefficient (Wildman–Crippen LogP) is 6.44. The Kier molecular flexibility index (Phi) is 8.35. The molecule has 0 unspecified atom stereocenters. The van der Waals surface area contributed by atoms with E-state index in [2.05, 4.69) is 65.6 Å². The van der Waals surface area contributed by atoms with Gasteiger partial charge in [0, 0.05) is 48.9 Å². The molecule has 1 saturated heterocycles. The number of nitrogens with zero attached hydrogens (tertiary/aromatic N) is 4. The molecule has 0 amide bonds. The molecule has 0 radical (unpaired) electrons. The summed E-state index contributed by atoms with van der Waals surface area (Å²) in [5.74, 6) is 0.468. The van der Waals surface area contributed by atoms with Crippen molar-refractivity contribution in [3.63, 3.8) is 0 Å². The topological polar surface area (TPSA) is 123 Å². The number of aromatic nitrogens is 2. The van der Waals surface area contributed by atoms with Crippen LogP contribution >= 0.6 is 0 Å². The van der Waals surface area contributed by atoms with Gasteiger partial charge in [0.1, 0.15) is 5.82 Å². The highest BCUT2D eigenvalue weighted by atomic mass is 16.6. The molecule has 218 valence electrons. The van der Waals surface area contributed by atoms with Crippen molar-refractivity contribution in [1.29, 1.82) is 0 Å². The molecule has 10 heteroatoms. The largest absolute Gasteiger partial charge is 0.465 e. The summed E-state index contributed by atoms with van der Waals surface area (Å²) in [5, 5.41) is 18.7. The highest BCUT2D eigenvalue weighted by Gasteiger charge is 2.22. The second-order valence-corrected chi connectivity index (χ2v) is 11.7. The predicted molar refractivity (Wildman–Crippen MR) is 164 cm³/mol. The summed E-state index contributed by atoms with van der Waals surface area (Å²) < 4.78 is 4.77. The van der Waals surface area contributed by atoms with Crippen molar-refractivity contribution in [3.05, 3.63) is 93.5 Å². The van der Waals surface area contributed by atoms with Crippen LogP contribution in [0.2, 0.25) is 0 Å². The summed E-state index contributed by atoms with van der Waals surface area (Å²) in [7, 11) is 1.33. The zero-order valence-electron chi connectivity index (χ0n) is 24.4. The lowest BCUT2D eigenvalue weighted by Crippen LogP contribution is -2.39. The number of carbonyl (C=O) groups is 1. The second-order valence-electron chi connectivity index (χ2n) is 11.7. The van der Waals surface area contributed by atoms with Crippen LogP contribution in [0, 0.1) is 10.1 Å². The van der Waals surface area contributed by atoms with E-state index in [4.69, 9.17) is 9.72 Å². The maximum absolute atomic E-state index is 11.8. The number of likely N-dealkylation sites (tertiary alicyclic amines) is 1. The summed E-state index contributed by atoms with van der Waals surface area (Å²) in [5.41, 5.74) is 4.43. The van der Waals surface area contributed by atoms with Gasteiger partial charge in [-0.1, -0.05) is 45.0 Å². The van der Waals surface area contributed by atoms with E-state index in [9.17, 15) is 14.9 Å². The van der Waals surface area contributed by atoms with Crippen LogP contribution in [-0.4, -0.2) is 52.0 Å². The fourth-order valence-electron chi connectivity index (χ4n) is 5.12. The first-order valence-corrected chi connectivity index (χ1v) is 14.1. The minimum absolute atomic E-state index is 0.0451. The number of anilines is 3. The molecule has 0 atom stereocenters. The number of piperidine rings is 1. The van der Waals surface area contributed by atoms with Crippen molar-refractivity contribution in [2.45, 2.75) is 51.6 Å². The summed E-state index contributed by atoms with van der Waals surface area (Å²) in [6, 6.07) is 20.4. The Hall–Kier alpha value is -4.57. The highest BCUT2D eigenvalue weighted by Crippen LogP contribution is 2.30. The number of hydrogen-bond donors (Lipinski definition) is 2. The van der Waals surface area contributed by atoms with Crippen LogP contribution in [0.15, 0.2) is 66.7 Å². The van der Waals surface area contributed by atoms with Crippen LogP contribution in [0.5, 0.6) is 0 Å². The zero-order chi connectivity index (χ0) is 29.9. The Morgan fingerprint density at radius 3 is 2.33 bits per heavy atom. The molecule has 1 aromatic heterocycles. The third-order valence-corrected chi connectivity index (χ3v) is 7.61. The van der Waals surface area contributed by atoms with E-state index in [1.165, 1.54) is 30.4 Å². The number of ether oxygens (including phenoxy) is 1. The third kappa shape index (κ3) is 6.83. The van der Waals surface area contributed by atoms with Crippen molar-refractivity contribution in [2.75, 3.05) is 30.8 Å². The molecule has 2 heterocycles.